The highest BCUT2D eigenvalue weighted by atomic mass is 19.1. The first-order valence-electron chi connectivity index (χ1n) is 13.6. The van der Waals surface area contributed by atoms with E-state index in [1.807, 2.05) is 18.2 Å². The van der Waals surface area contributed by atoms with Crippen LogP contribution in [0.15, 0.2) is 54.9 Å². The van der Waals surface area contributed by atoms with Crippen molar-refractivity contribution in [3.8, 4) is 17.6 Å². The van der Waals surface area contributed by atoms with Gasteiger partial charge in [0.05, 0.1) is 30.5 Å². The lowest BCUT2D eigenvalue weighted by atomic mass is 10.0. The van der Waals surface area contributed by atoms with E-state index in [0.717, 1.165) is 59.0 Å². The highest BCUT2D eigenvalue weighted by Gasteiger charge is 2.27. The predicted octanol–water partition coefficient (Wildman–Crippen LogP) is 3.35. The standard InChI is InChI=1S/C20H27N3O2.C11H10FN3O/c1-20(2,23-12-10-21(3)11-13-23)9-7-16-5-6-18-17(15-16)22(4)19(24)8-14-25-18;12-10-3-1-8(2-4-10)5-9-6-14-15(7-9)11(13)16/h5-6,15H,8,10-14H2,1-4H3;1-4,6-7H,5H2,(H2,13,16). The maximum atomic E-state index is 12.7. The molecule has 1 saturated heterocycles. The Balaban J connectivity index is 0.000000208. The summed E-state index contributed by atoms with van der Waals surface area (Å²) in [4.78, 5) is 29.3. The summed E-state index contributed by atoms with van der Waals surface area (Å²) in [6.45, 7) is 9.00. The van der Waals surface area contributed by atoms with Gasteiger partial charge in [-0.25, -0.2) is 9.18 Å². The van der Waals surface area contributed by atoms with E-state index in [4.69, 9.17) is 10.5 Å². The van der Waals surface area contributed by atoms with E-state index >= 15 is 0 Å². The number of rotatable bonds is 3. The van der Waals surface area contributed by atoms with E-state index < -0.39 is 6.03 Å². The lowest BCUT2D eigenvalue weighted by Gasteiger charge is -2.40. The monoisotopic (exact) mass is 560 g/mol. The minimum Gasteiger partial charge on any atom is -0.491 e. The van der Waals surface area contributed by atoms with Gasteiger partial charge in [0.15, 0.2) is 0 Å². The number of aromatic nitrogens is 2. The predicted molar refractivity (Wildman–Crippen MR) is 156 cm³/mol. The Morgan fingerprint density at radius 3 is 2.44 bits per heavy atom. The second kappa shape index (κ2) is 13.0. The number of piperazine rings is 1. The summed E-state index contributed by atoms with van der Waals surface area (Å²) >= 11 is 0. The number of nitrogens with zero attached hydrogens (tertiary/aromatic N) is 5. The van der Waals surface area contributed by atoms with Crippen molar-refractivity contribution in [1.29, 1.82) is 0 Å². The van der Waals surface area contributed by atoms with Gasteiger partial charge >= 0.3 is 6.03 Å². The number of hydrogen-bond donors (Lipinski definition) is 1. The Hall–Kier alpha value is -4.20. The number of fused-ring (bicyclic) bond motifs is 1. The molecular formula is C31H37FN6O3. The molecule has 1 fully saturated rings. The molecule has 9 nitrogen and oxygen atoms in total. The third-order valence-corrected chi connectivity index (χ3v) is 7.26. The number of likely N-dealkylation sites (N-methyl/N-ethyl adjacent to an activating group) is 1. The van der Waals surface area contributed by atoms with E-state index in [0.29, 0.717) is 19.4 Å². The van der Waals surface area contributed by atoms with Crippen LogP contribution in [0.2, 0.25) is 0 Å². The summed E-state index contributed by atoms with van der Waals surface area (Å²) in [5, 5.41) is 3.80. The van der Waals surface area contributed by atoms with Gasteiger partial charge in [-0.15, -0.1) is 0 Å². The largest absolute Gasteiger partial charge is 0.491 e. The van der Waals surface area contributed by atoms with Gasteiger partial charge < -0.3 is 20.3 Å². The fourth-order valence-corrected chi connectivity index (χ4v) is 4.61. The molecule has 1 aromatic heterocycles. The number of ether oxygens (including phenoxy) is 1. The van der Waals surface area contributed by atoms with Crippen LogP contribution in [0.3, 0.4) is 0 Å². The molecule has 0 saturated carbocycles. The zero-order chi connectivity index (χ0) is 29.6. The Labute approximate surface area is 240 Å². The molecule has 2 aliphatic rings. The molecule has 0 atom stereocenters. The molecule has 0 unspecified atom stereocenters. The van der Waals surface area contributed by atoms with Gasteiger partial charge in [-0.1, -0.05) is 24.0 Å². The zero-order valence-electron chi connectivity index (χ0n) is 24.1. The SMILES string of the molecule is CN1CCN(C(C)(C)C#Cc2ccc3c(c2)N(C)C(=O)CCO3)CC1.NC(=O)n1cc(Cc2ccc(F)cc2)cn1. The number of carbonyl (C=O) groups is 2. The molecule has 2 N–H and O–H groups in total. The van der Waals surface area contributed by atoms with E-state index in [1.165, 1.54) is 12.1 Å². The van der Waals surface area contributed by atoms with Gasteiger partial charge in [0.25, 0.3) is 0 Å². The van der Waals surface area contributed by atoms with Crippen molar-refractivity contribution in [2.75, 3.05) is 51.8 Å². The van der Waals surface area contributed by atoms with E-state index in [2.05, 4.69) is 47.6 Å². The van der Waals surface area contributed by atoms with Crippen molar-refractivity contribution >= 4 is 17.6 Å². The first-order valence-corrected chi connectivity index (χ1v) is 13.6. The van der Waals surface area contributed by atoms with Gasteiger partial charge in [-0.3, -0.25) is 9.69 Å². The normalized spacial score (nSPS) is 15.9. The Morgan fingerprint density at radius 1 is 1.07 bits per heavy atom. The Morgan fingerprint density at radius 2 is 1.78 bits per heavy atom. The lowest BCUT2D eigenvalue weighted by molar-refractivity contribution is -0.118. The molecule has 2 aliphatic heterocycles. The number of anilines is 1. The summed E-state index contributed by atoms with van der Waals surface area (Å²) in [6, 6.07) is 11.4. The molecule has 0 radical (unpaired) electrons. The van der Waals surface area contributed by atoms with Crippen molar-refractivity contribution in [1.82, 2.24) is 19.6 Å². The smallest absolute Gasteiger partial charge is 0.339 e. The molecule has 0 bridgehead atoms. The van der Waals surface area contributed by atoms with Crippen LogP contribution < -0.4 is 15.4 Å². The number of amides is 2. The van der Waals surface area contributed by atoms with Gasteiger partial charge in [0.1, 0.15) is 11.6 Å². The minimum absolute atomic E-state index is 0.0709. The highest BCUT2D eigenvalue weighted by Crippen LogP contribution is 2.31. The van der Waals surface area contributed by atoms with Crippen molar-refractivity contribution < 1.29 is 18.7 Å². The summed E-state index contributed by atoms with van der Waals surface area (Å²) in [5.41, 5.74) is 8.39. The van der Waals surface area contributed by atoms with Crippen LogP contribution in [-0.4, -0.2) is 83.9 Å². The number of carbonyl (C=O) groups excluding carboxylic acids is 2. The van der Waals surface area contributed by atoms with Gasteiger partial charge in [-0.05, 0) is 62.4 Å². The molecule has 10 heteroatoms. The third kappa shape index (κ3) is 7.93. The molecule has 216 valence electrons. The number of benzene rings is 2. The van der Waals surface area contributed by atoms with Crippen molar-refractivity contribution in [2.24, 2.45) is 5.73 Å². The van der Waals surface area contributed by atoms with Gasteiger partial charge in [0, 0.05) is 51.4 Å². The maximum absolute atomic E-state index is 12.7. The lowest BCUT2D eigenvalue weighted by Crippen LogP contribution is -2.53. The number of halogens is 1. The molecule has 0 aliphatic carbocycles. The summed E-state index contributed by atoms with van der Waals surface area (Å²) < 4.78 is 19.4. The van der Waals surface area contributed by atoms with Crippen LogP contribution in [-0.2, 0) is 11.2 Å². The number of hydrogen-bond acceptors (Lipinski definition) is 6. The quantitative estimate of drug-likeness (QED) is 0.494. The van der Waals surface area contributed by atoms with Crippen LogP contribution in [0.1, 0.15) is 37.0 Å². The van der Waals surface area contributed by atoms with Crippen molar-refractivity contribution in [3.05, 3.63) is 77.4 Å². The fraction of sp³-hybridized carbons (Fsp3) is 0.387. The van der Waals surface area contributed by atoms with Crippen LogP contribution in [0.5, 0.6) is 5.75 Å². The van der Waals surface area contributed by atoms with E-state index in [-0.39, 0.29) is 17.3 Å². The molecule has 3 heterocycles. The van der Waals surface area contributed by atoms with Gasteiger partial charge in [0.2, 0.25) is 5.91 Å². The Bertz CT molecular complexity index is 1430. The van der Waals surface area contributed by atoms with Gasteiger partial charge in [-0.2, -0.15) is 9.78 Å². The molecular weight excluding hydrogens is 523 g/mol. The average Bonchev–Trinajstić information content (AvgIpc) is 3.37. The van der Waals surface area contributed by atoms with Crippen LogP contribution in [0, 0.1) is 17.7 Å². The van der Waals surface area contributed by atoms with Crippen molar-refractivity contribution in [3.63, 3.8) is 0 Å². The second-order valence-electron chi connectivity index (χ2n) is 10.8. The van der Waals surface area contributed by atoms with Crippen molar-refractivity contribution in [2.45, 2.75) is 32.2 Å². The van der Waals surface area contributed by atoms with Crippen LogP contribution in [0.4, 0.5) is 14.9 Å². The molecule has 2 aromatic carbocycles. The van der Waals surface area contributed by atoms with E-state index in [1.54, 1.807) is 36.5 Å². The second-order valence-corrected chi connectivity index (χ2v) is 10.8. The molecule has 0 spiro atoms. The highest BCUT2D eigenvalue weighted by molar-refractivity contribution is 5.95. The summed E-state index contributed by atoms with van der Waals surface area (Å²) in [6.07, 6.45) is 4.12. The molecule has 41 heavy (non-hydrogen) atoms. The Kier molecular flexibility index (Phi) is 9.42. The minimum atomic E-state index is -0.620. The zero-order valence-corrected chi connectivity index (χ0v) is 24.1. The molecule has 3 aromatic rings. The number of primary amides is 1. The van der Waals surface area contributed by atoms with Crippen LogP contribution in [0.25, 0.3) is 0 Å². The summed E-state index contributed by atoms with van der Waals surface area (Å²) in [5.74, 6) is 7.27. The molecule has 5 rings (SSSR count). The summed E-state index contributed by atoms with van der Waals surface area (Å²) in [7, 11) is 3.95. The fourth-order valence-electron chi connectivity index (χ4n) is 4.61. The van der Waals surface area contributed by atoms with E-state index in [9.17, 15) is 14.0 Å². The number of nitrogens with two attached hydrogens (primary N) is 1. The molecule has 2 amide bonds. The van der Waals surface area contributed by atoms with Crippen LogP contribution >= 0.6 is 0 Å². The topological polar surface area (TPSA) is 96.9 Å². The first kappa shape index (κ1) is 29.8. The first-order chi connectivity index (χ1) is 19.5. The average molecular weight is 561 g/mol. The maximum Gasteiger partial charge on any atom is 0.339 e. The third-order valence-electron chi connectivity index (χ3n) is 7.26.